The molecule has 3 rings (SSSR count). The molecule has 3 aromatic rings. The highest BCUT2D eigenvalue weighted by Crippen LogP contribution is 2.37. The first-order chi connectivity index (χ1) is 15.1. The highest BCUT2D eigenvalue weighted by molar-refractivity contribution is 5.73. The van der Waals surface area contributed by atoms with Gasteiger partial charge in [-0.05, 0) is 31.0 Å². The fourth-order valence-electron chi connectivity index (χ4n) is 2.69. The Bertz CT molecular complexity index is 1160. The highest BCUT2D eigenvalue weighted by Gasteiger charge is 2.49. The number of alkyl halides is 7. The quantitative estimate of drug-likeness (QED) is 0.486. The van der Waals surface area contributed by atoms with Crippen molar-refractivity contribution in [1.29, 1.82) is 0 Å². The summed E-state index contributed by atoms with van der Waals surface area (Å²) in [5, 5.41) is 21.2. The second-order valence-corrected chi connectivity index (χ2v) is 6.68. The topological polar surface area (TPSA) is 127 Å². The molecule has 0 radical (unpaired) electrons. The molecule has 0 bridgehead atoms. The van der Waals surface area contributed by atoms with Gasteiger partial charge in [0.05, 0.1) is 11.9 Å². The van der Waals surface area contributed by atoms with Crippen molar-refractivity contribution in [3.63, 3.8) is 0 Å². The Kier molecular flexibility index (Phi) is 7.16. The number of halogens is 7. The molecule has 2 aromatic heterocycles. The van der Waals surface area contributed by atoms with E-state index in [1.54, 1.807) is 13.8 Å². The summed E-state index contributed by atoms with van der Waals surface area (Å²) in [5.74, 6) is -2.29. The summed E-state index contributed by atoms with van der Waals surface area (Å²) in [6.45, 7) is 3.27. The number of nitrogens with zero attached hydrogens (tertiary/aromatic N) is 4. The predicted octanol–water partition coefficient (Wildman–Crippen LogP) is 3.34. The Morgan fingerprint density at radius 1 is 1.12 bits per heavy atom. The largest absolute Gasteiger partial charge is 0.490 e. The molecular weight excluding hydrogens is 467 g/mol. The first-order valence-electron chi connectivity index (χ1n) is 8.78. The van der Waals surface area contributed by atoms with Crippen LogP contribution in [0.3, 0.4) is 0 Å². The molecule has 8 nitrogen and oxygen atoms in total. The number of carbonyl (C=O) groups is 1. The predicted molar refractivity (Wildman–Crippen MR) is 99.7 cm³/mol. The smallest absolute Gasteiger partial charge is 0.475 e. The first-order valence-corrected chi connectivity index (χ1v) is 8.78. The van der Waals surface area contributed by atoms with E-state index in [1.807, 2.05) is 0 Å². The number of carboxylic acids is 1. The molecule has 0 fully saturated rings. The van der Waals surface area contributed by atoms with Crippen LogP contribution >= 0.6 is 0 Å². The SMILES string of the molecule is Cc1nc(N)c2ncc(-c3cc(C(O)(C(F)F)C(F)F)ccc3C)n2n1.O=C(O)C(F)(F)F. The van der Waals surface area contributed by atoms with Crippen LogP contribution in [0, 0.1) is 13.8 Å². The number of hydrogen-bond acceptors (Lipinski definition) is 6. The maximum atomic E-state index is 13.2. The Hall–Kier alpha value is -3.49. The number of nitrogen functional groups attached to an aromatic ring is 1. The monoisotopic (exact) mass is 483 g/mol. The molecule has 4 N–H and O–H groups in total. The maximum absolute atomic E-state index is 13.2. The number of rotatable bonds is 4. The molecule has 15 heteroatoms. The molecule has 1 aromatic carbocycles. The van der Waals surface area contributed by atoms with Gasteiger partial charge >= 0.3 is 12.1 Å². The number of hydrogen-bond donors (Lipinski definition) is 3. The van der Waals surface area contributed by atoms with Gasteiger partial charge in [0, 0.05) is 5.56 Å². The van der Waals surface area contributed by atoms with Crippen molar-refractivity contribution in [3.8, 4) is 11.3 Å². The molecule has 33 heavy (non-hydrogen) atoms. The van der Waals surface area contributed by atoms with Gasteiger partial charge in [0.25, 0.3) is 12.9 Å². The van der Waals surface area contributed by atoms with Crippen molar-refractivity contribution in [2.45, 2.75) is 38.5 Å². The lowest BCUT2D eigenvalue weighted by atomic mass is 9.91. The summed E-state index contributed by atoms with van der Waals surface area (Å²) in [6, 6.07) is 3.51. The molecule has 2 heterocycles. The van der Waals surface area contributed by atoms with E-state index in [0.29, 0.717) is 22.6 Å². The summed E-state index contributed by atoms with van der Waals surface area (Å²) in [5.41, 5.74) is 3.11. The molecule has 0 unspecified atom stereocenters. The van der Waals surface area contributed by atoms with Gasteiger partial charge in [-0.1, -0.05) is 12.1 Å². The van der Waals surface area contributed by atoms with E-state index in [0.717, 1.165) is 12.1 Å². The van der Waals surface area contributed by atoms with Crippen molar-refractivity contribution in [2.24, 2.45) is 0 Å². The highest BCUT2D eigenvalue weighted by atomic mass is 19.4. The zero-order chi connectivity index (χ0) is 25.3. The molecule has 0 aliphatic carbocycles. The number of aromatic nitrogens is 4. The van der Waals surface area contributed by atoms with E-state index < -0.39 is 36.2 Å². The maximum Gasteiger partial charge on any atom is 0.490 e. The number of aryl methyl sites for hydroxylation is 2. The third-order valence-corrected chi connectivity index (χ3v) is 4.38. The van der Waals surface area contributed by atoms with E-state index >= 15 is 0 Å². The lowest BCUT2D eigenvalue weighted by Gasteiger charge is -2.27. The summed E-state index contributed by atoms with van der Waals surface area (Å²) >= 11 is 0. The third-order valence-electron chi connectivity index (χ3n) is 4.38. The summed E-state index contributed by atoms with van der Waals surface area (Å²) < 4.78 is 85.8. The van der Waals surface area contributed by atoms with E-state index in [1.165, 1.54) is 16.8 Å². The molecule has 0 saturated heterocycles. The fraction of sp³-hybridized carbons (Fsp3) is 0.333. The van der Waals surface area contributed by atoms with E-state index in [2.05, 4.69) is 15.1 Å². The number of aliphatic carboxylic acids is 1. The number of carboxylic acid groups (broad SMARTS) is 1. The third kappa shape index (κ3) is 5.13. The standard InChI is InChI=1S/C16H15F4N5O.C2HF3O2/c1-7-3-4-9(16(26,14(17)18)15(19)20)5-10(7)11-6-22-13-12(21)23-8(2)24-25(11)13;3-2(4,5)1(6)7/h3-6,14-15,26H,1-2H3,(H2,21,23,24);(H,6,7). The summed E-state index contributed by atoms with van der Waals surface area (Å²) in [6.07, 6.45) is -11.0. The van der Waals surface area contributed by atoms with Gasteiger partial charge in [0.1, 0.15) is 5.82 Å². The van der Waals surface area contributed by atoms with Crippen molar-refractivity contribution in [1.82, 2.24) is 19.6 Å². The van der Waals surface area contributed by atoms with Gasteiger partial charge in [-0.2, -0.15) is 18.3 Å². The molecule has 180 valence electrons. The van der Waals surface area contributed by atoms with Crippen LogP contribution in [0.5, 0.6) is 0 Å². The Balaban J connectivity index is 0.000000479. The Labute approximate surface area is 180 Å². The Morgan fingerprint density at radius 2 is 1.67 bits per heavy atom. The number of nitrogens with two attached hydrogens (primary N) is 1. The van der Waals surface area contributed by atoms with Crippen LogP contribution in [-0.2, 0) is 10.4 Å². The molecule has 0 aliphatic rings. The molecule has 0 atom stereocenters. The van der Waals surface area contributed by atoms with Gasteiger partial charge in [-0.25, -0.2) is 36.8 Å². The second kappa shape index (κ2) is 9.17. The zero-order valence-corrected chi connectivity index (χ0v) is 16.8. The number of benzene rings is 1. The van der Waals surface area contributed by atoms with Crippen LogP contribution in [0.4, 0.5) is 36.6 Å². The van der Waals surface area contributed by atoms with Crippen molar-refractivity contribution in [3.05, 3.63) is 41.3 Å². The first kappa shape index (κ1) is 25.8. The van der Waals surface area contributed by atoms with Crippen LogP contribution < -0.4 is 5.73 Å². The minimum absolute atomic E-state index is 0.120. The van der Waals surface area contributed by atoms with Gasteiger partial charge in [0.15, 0.2) is 11.5 Å². The average Bonchev–Trinajstić information content (AvgIpc) is 3.11. The molecule has 0 amide bonds. The van der Waals surface area contributed by atoms with Crippen LogP contribution in [0.1, 0.15) is 17.0 Å². The normalized spacial score (nSPS) is 12.2. The minimum atomic E-state index is -5.08. The van der Waals surface area contributed by atoms with Crippen molar-refractivity contribution in [2.75, 3.05) is 5.73 Å². The van der Waals surface area contributed by atoms with Crippen LogP contribution in [0.15, 0.2) is 24.4 Å². The van der Waals surface area contributed by atoms with E-state index in [9.17, 15) is 35.8 Å². The van der Waals surface area contributed by atoms with Crippen LogP contribution in [0.25, 0.3) is 16.9 Å². The number of anilines is 1. The molecule has 0 aliphatic heterocycles. The average molecular weight is 483 g/mol. The van der Waals surface area contributed by atoms with E-state index in [-0.39, 0.29) is 11.5 Å². The van der Waals surface area contributed by atoms with Crippen LogP contribution in [0.2, 0.25) is 0 Å². The Morgan fingerprint density at radius 3 is 2.15 bits per heavy atom. The van der Waals surface area contributed by atoms with Crippen molar-refractivity contribution < 1.29 is 45.7 Å². The van der Waals surface area contributed by atoms with Crippen LogP contribution in [-0.4, -0.2) is 54.8 Å². The van der Waals surface area contributed by atoms with Gasteiger partial charge in [0.2, 0.25) is 5.60 Å². The van der Waals surface area contributed by atoms with Gasteiger partial charge in [-0.3, -0.25) is 0 Å². The number of imidazole rings is 1. The van der Waals surface area contributed by atoms with Gasteiger partial charge in [-0.15, -0.1) is 0 Å². The number of fused-ring (bicyclic) bond motifs is 1. The zero-order valence-electron chi connectivity index (χ0n) is 16.8. The van der Waals surface area contributed by atoms with Gasteiger partial charge < -0.3 is 15.9 Å². The second-order valence-electron chi connectivity index (χ2n) is 6.68. The lowest BCUT2D eigenvalue weighted by Crippen LogP contribution is -2.41. The molecular formula is C18H16F7N5O3. The lowest BCUT2D eigenvalue weighted by molar-refractivity contribution is -0.192. The summed E-state index contributed by atoms with van der Waals surface area (Å²) in [4.78, 5) is 17.0. The summed E-state index contributed by atoms with van der Waals surface area (Å²) in [7, 11) is 0. The number of aliphatic hydroxyl groups is 1. The molecule has 0 saturated carbocycles. The van der Waals surface area contributed by atoms with E-state index in [4.69, 9.17) is 15.6 Å². The molecule has 0 spiro atoms. The minimum Gasteiger partial charge on any atom is -0.475 e. The fourth-order valence-corrected chi connectivity index (χ4v) is 2.69. The van der Waals surface area contributed by atoms with Crippen molar-refractivity contribution >= 4 is 17.4 Å².